The second-order valence-electron chi connectivity index (χ2n) is 7.12. The summed E-state index contributed by atoms with van der Waals surface area (Å²) in [5.41, 5.74) is -0.828. The highest BCUT2D eigenvalue weighted by Crippen LogP contribution is 2.36. The molecule has 0 aromatic heterocycles. The average molecular weight is 397 g/mol. The maximum Gasteiger partial charge on any atom is 0.311 e. The number of rotatable bonds is 9. The first-order valence-corrected chi connectivity index (χ1v) is 11.1. The Bertz CT molecular complexity index is 751. The normalized spacial score (nSPS) is 16.5. The number of carboxylic acids is 1. The molecule has 27 heavy (non-hydrogen) atoms. The van der Waals surface area contributed by atoms with Crippen molar-refractivity contribution in [2.24, 2.45) is 5.41 Å². The lowest BCUT2D eigenvalue weighted by Gasteiger charge is -2.33. The first kappa shape index (κ1) is 21.2. The van der Waals surface area contributed by atoms with Crippen molar-refractivity contribution in [1.82, 2.24) is 5.32 Å². The molecule has 0 heterocycles. The van der Waals surface area contributed by atoms with Gasteiger partial charge >= 0.3 is 5.97 Å². The smallest absolute Gasteiger partial charge is 0.311 e. The maximum absolute atomic E-state index is 12.0. The molecule has 1 aliphatic rings. The molecule has 0 unspecified atom stereocenters. The summed E-state index contributed by atoms with van der Waals surface area (Å²) in [5.74, 6) is -0.476. The van der Waals surface area contributed by atoms with Gasteiger partial charge < -0.3 is 15.2 Å². The number of aliphatic carboxylic acids is 1. The zero-order valence-electron chi connectivity index (χ0n) is 15.6. The monoisotopic (exact) mass is 397 g/mol. The highest BCUT2D eigenvalue weighted by atomic mass is 32.2. The third-order valence-electron chi connectivity index (χ3n) is 4.96. The van der Waals surface area contributed by atoms with E-state index in [1.165, 1.54) is 12.1 Å². The van der Waals surface area contributed by atoms with E-state index in [1.54, 1.807) is 12.1 Å². The Morgan fingerprint density at radius 3 is 2.33 bits per heavy atom. The van der Waals surface area contributed by atoms with Crippen LogP contribution in [0.1, 0.15) is 44.9 Å². The number of sulfone groups is 1. The lowest BCUT2D eigenvalue weighted by Crippen LogP contribution is -2.44. The van der Waals surface area contributed by atoms with E-state index in [4.69, 9.17) is 4.74 Å². The van der Waals surface area contributed by atoms with Crippen molar-refractivity contribution in [3.8, 4) is 5.75 Å². The standard InChI is InChI=1S/C19H27NO6S/c1-27(24,25)16-9-7-15(8-10-16)26-13-5-6-17(21)20-14-19(18(22)23)11-3-2-4-12-19/h7-10H,2-6,11-14H2,1H3,(H,20,21)(H,22,23). The number of carbonyl (C=O) groups excluding carboxylic acids is 1. The van der Waals surface area contributed by atoms with Gasteiger partial charge in [-0.3, -0.25) is 9.59 Å². The summed E-state index contributed by atoms with van der Waals surface area (Å²) in [6.07, 6.45) is 5.90. The van der Waals surface area contributed by atoms with E-state index in [1.807, 2.05) is 0 Å². The largest absolute Gasteiger partial charge is 0.494 e. The number of benzene rings is 1. The molecule has 7 nitrogen and oxygen atoms in total. The fraction of sp³-hybridized carbons (Fsp3) is 0.579. The molecule has 0 bridgehead atoms. The Hall–Kier alpha value is -2.09. The number of hydrogen-bond acceptors (Lipinski definition) is 5. The summed E-state index contributed by atoms with van der Waals surface area (Å²) < 4.78 is 28.3. The Balaban J connectivity index is 1.71. The molecule has 0 radical (unpaired) electrons. The van der Waals surface area contributed by atoms with Crippen LogP contribution in [0.25, 0.3) is 0 Å². The molecule has 0 saturated heterocycles. The minimum Gasteiger partial charge on any atom is -0.494 e. The average Bonchev–Trinajstić information content (AvgIpc) is 2.64. The van der Waals surface area contributed by atoms with Gasteiger partial charge in [-0.2, -0.15) is 0 Å². The number of nitrogens with one attached hydrogen (secondary N) is 1. The summed E-state index contributed by atoms with van der Waals surface area (Å²) in [6.45, 7) is 0.491. The van der Waals surface area contributed by atoms with Gasteiger partial charge in [-0.25, -0.2) is 8.42 Å². The first-order chi connectivity index (χ1) is 12.7. The van der Waals surface area contributed by atoms with Crippen LogP contribution in [0.15, 0.2) is 29.2 Å². The van der Waals surface area contributed by atoms with Gasteiger partial charge in [0.2, 0.25) is 5.91 Å². The Morgan fingerprint density at radius 2 is 1.78 bits per heavy atom. The molecule has 1 aromatic carbocycles. The van der Waals surface area contributed by atoms with Crippen LogP contribution in [-0.4, -0.2) is 44.8 Å². The predicted octanol–water partition coefficient (Wildman–Crippen LogP) is 2.40. The molecule has 1 fully saturated rings. The summed E-state index contributed by atoms with van der Waals surface area (Å²) in [4.78, 5) is 23.8. The molecule has 2 rings (SSSR count). The van der Waals surface area contributed by atoms with Crippen LogP contribution in [0.2, 0.25) is 0 Å². The fourth-order valence-electron chi connectivity index (χ4n) is 3.26. The summed E-state index contributed by atoms with van der Waals surface area (Å²) in [7, 11) is -3.23. The molecule has 1 saturated carbocycles. The maximum atomic E-state index is 12.0. The lowest BCUT2D eigenvalue weighted by molar-refractivity contribution is -0.151. The van der Waals surface area contributed by atoms with E-state index < -0.39 is 21.2 Å². The van der Waals surface area contributed by atoms with Crippen LogP contribution in [0.5, 0.6) is 5.75 Å². The molecule has 150 valence electrons. The Kier molecular flexibility index (Phi) is 7.24. The van der Waals surface area contributed by atoms with Gasteiger partial charge in [0.1, 0.15) is 5.75 Å². The van der Waals surface area contributed by atoms with Crippen molar-refractivity contribution < 1.29 is 27.9 Å². The molecule has 1 aliphatic carbocycles. The van der Waals surface area contributed by atoms with Crippen molar-refractivity contribution in [2.45, 2.75) is 49.8 Å². The Morgan fingerprint density at radius 1 is 1.15 bits per heavy atom. The SMILES string of the molecule is CS(=O)(=O)c1ccc(OCCCC(=O)NCC2(C(=O)O)CCCCC2)cc1. The lowest BCUT2D eigenvalue weighted by atomic mass is 9.74. The van der Waals surface area contributed by atoms with Gasteiger partial charge in [0, 0.05) is 19.2 Å². The topological polar surface area (TPSA) is 110 Å². The van der Waals surface area contributed by atoms with Gasteiger partial charge in [-0.15, -0.1) is 0 Å². The van der Waals surface area contributed by atoms with Crippen LogP contribution in [0, 0.1) is 5.41 Å². The second kappa shape index (κ2) is 9.21. The minimum atomic E-state index is -3.23. The quantitative estimate of drug-likeness (QED) is 0.619. The van der Waals surface area contributed by atoms with Crippen LogP contribution in [0.4, 0.5) is 0 Å². The van der Waals surface area contributed by atoms with Gasteiger partial charge in [-0.05, 0) is 43.5 Å². The van der Waals surface area contributed by atoms with E-state index in [0.29, 0.717) is 31.6 Å². The van der Waals surface area contributed by atoms with Crippen molar-refractivity contribution in [1.29, 1.82) is 0 Å². The third kappa shape index (κ3) is 6.23. The highest BCUT2D eigenvalue weighted by Gasteiger charge is 2.39. The summed E-state index contributed by atoms with van der Waals surface area (Å²) in [6, 6.07) is 6.12. The molecule has 0 atom stereocenters. The number of ether oxygens (including phenoxy) is 1. The van der Waals surface area contributed by atoms with E-state index in [0.717, 1.165) is 25.5 Å². The highest BCUT2D eigenvalue weighted by molar-refractivity contribution is 7.90. The predicted molar refractivity (Wildman–Crippen MR) is 100 cm³/mol. The number of carbonyl (C=O) groups is 2. The van der Waals surface area contributed by atoms with Crippen LogP contribution >= 0.6 is 0 Å². The first-order valence-electron chi connectivity index (χ1n) is 9.16. The molecule has 1 aromatic rings. The molecule has 0 spiro atoms. The fourth-order valence-corrected chi connectivity index (χ4v) is 3.89. The van der Waals surface area contributed by atoms with Gasteiger partial charge in [0.15, 0.2) is 9.84 Å². The molecule has 1 amide bonds. The molecule has 2 N–H and O–H groups in total. The molecule has 0 aliphatic heterocycles. The Labute approximate surface area is 160 Å². The summed E-state index contributed by atoms with van der Waals surface area (Å²) in [5, 5.41) is 12.3. The number of amides is 1. The number of hydrogen-bond donors (Lipinski definition) is 2. The van der Waals surface area contributed by atoms with Gasteiger partial charge in [0.05, 0.1) is 16.9 Å². The third-order valence-corrected chi connectivity index (χ3v) is 6.09. The van der Waals surface area contributed by atoms with Crippen molar-refractivity contribution >= 4 is 21.7 Å². The van der Waals surface area contributed by atoms with Crippen molar-refractivity contribution in [3.05, 3.63) is 24.3 Å². The van der Waals surface area contributed by atoms with Gasteiger partial charge in [-0.1, -0.05) is 19.3 Å². The number of carboxylic acid groups (broad SMARTS) is 1. The van der Waals surface area contributed by atoms with E-state index in [9.17, 15) is 23.1 Å². The van der Waals surface area contributed by atoms with Gasteiger partial charge in [0.25, 0.3) is 0 Å². The van der Waals surface area contributed by atoms with E-state index in [2.05, 4.69) is 5.32 Å². The zero-order valence-corrected chi connectivity index (χ0v) is 16.4. The zero-order chi connectivity index (χ0) is 19.9. The van der Waals surface area contributed by atoms with Crippen LogP contribution in [-0.2, 0) is 19.4 Å². The molecular weight excluding hydrogens is 370 g/mol. The molecular formula is C19H27NO6S. The van der Waals surface area contributed by atoms with Crippen LogP contribution in [0.3, 0.4) is 0 Å². The van der Waals surface area contributed by atoms with Crippen LogP contribution < -0.4 is 10.1 Å². The van der Waals surface area contributed by atoms with Crippen molar-refractivity contribution in [3.63, 3.8) is 0 Å². The minimum absolute atomic E-state index is 0.176. The second-order valence-corrected chi connectivity index (χ2v) is 9.13. The summed E-state index contributed by atoms with van der Waals surface area (Å²) >= 11 is 0. The van der Waals surface area contributed by atoms with Crippen molar-refractivity contribution in [2.75, 3.05) is 19.4 Å². The van der Waals surface area contributed by atoms with E-state index >= 15 is 0 Å². The molecule has 8 heteroatoms. The van der Waals surface area contributed by atoms with E-state index in [-0.39, 0.29) is 23.8 Å².